The van der Waals surface area contributed by atoms with E-state index in [1.54, 1.807) is 7.11 Å². The van der Waals surface area contributed by atoms with E-state index in [2.05, 4.69) is 49.2 Å². The third kappa shape index (κ3) is 5.54. The molecular formula is C19H32N6O2. The van der Waals surface area contributed by atoms with E-state index >= 15 is 0 Å². The predicted octanol–water partition coefficient (Wildman–Crippen LogP) is 0.256. The normalized spacial score (nSPS) is 22.2. The van der Waals surface area contributed by atoms with Gasteiger partial charge in [0, 0.05) is 66.2 Å². The van der Waals surface area contributed by atoms with Gasteiger partial charge in [-0.1, -0.05) is 6.07 Å². The Labute approximate surface area is 162 Å². The van der Waals surface area contributed by atoms with Gasteiger partial charge in [0.05, 0.1) is 19.3 Å². The molecule has 2 fully saturated rings. The summed E-state index contributed by atoms with van der Waals surface area (Å²) in [5.41, 5.74) is 1.15. The minimum atomic E-state index is 0.0897. The average Bonchev–Trinajstić information content (AvgIpc) is 2.70. The van der Waals surface area contributed by atoms with Gasteiger partial charge in [0.15, 0.2) is 5.96 Å². The van der Waals surface area contributed by atoms with Gasteiger partial charge >= 0.3 is 0 Å². The van der Waals surface area contributed by atoms with Crippen LogP contribution >= 0.6 is 0 Å². The van der Waals surface area contributed by atoms with Crippen LogP contribution in [0.4, 0.5) is 5.82 Å². The largest absolute Gasteiger partial charge is 0.382 e. The van der Waals surface area contributed by atoms with Crippen molar-refractivity contribution in [1.29, 1.82) is 0 Å². The zero-order chi connectivity index (χ0) is 19.1. The van der Waals surface area contributed by atoms with Crippen molar-refractivity contribution >= 4 is 11.8 Å². The SMILES string of the molecule is CN=C(NCc1ccc(N2CCN(C)CC2)nc1)N1CCOC(COC)C1. The van der Waals surface area contributed by atoms with E-state index in [0.29, 0.717) is 19.8 Å². The number of piperazine rings is 1. The van der Waals surface area contributed by atoms with Gasteiger partial charge in [-0.25, -0.2) is 4.98 Å². The van der Waals surface area contributed by atoms with E-state index in [1.807, 2.05) is 13.2 Å². The molecular weight excluding hydrogens is 344 g/mol. The fourth-order valence-electron chi connectivity index (χ4n) is 3.46. The topological polar surface area (TPSA) is 65.5 Å². The van der Waals surface area contributed by atoms with Crippen LogP contribution < -0.4 is 10.2 Å². The van der Waals surface area contributed by atoms with Gasteiger partial charge in [0.2, 0.25) is 0 Å². The van der Waals surface area contributed by atoms with Crippen molar-refractivity contribution in [3.8, 4) is 0 Å². The van der Waals surface area contributed by atoms with Gasteiger partial charge < -0.3 is 29.5 Å². The van der Waals surface area contributed by atoms with E-state index in [9.17, 15) is 0 Å². The van der Waals surface area contributed by atoms with Gasteiger partial charge in [0.25, 0.3) is 0 Å². The molecule has 1 aromatic heterocycles. The zero-order valence-electron chi connectivity index (χ0n) is 16.7. The number of rotatable bonds is 5. The second-order valence-electron chi connectivity index (χ2n) is 7.11. The maximum absolute atomic E-state index is 5.72. The molecule has 2 aliphatic rings. The molecule has 1 aromatic rings. The molecule has 0 aliphatic carbocycles. The lowest BCUT2D eigenvalue weighted by molar-refractivity contribution is -0.0447. The predicted molar refractivity (Wildman–Crippen MR) is 107 cm³/mol. The van der Waals surface area contributed by atoms with Gasteiger partial charge in [0.1, 0.15) is 5.82 Å². The summed E-state index contributed by atoms with van der Waals surface area (Å²) >= 11 is 0. The highest BCUT2D eigenvalue weighted by Crippen LogP contribution is 2.14. The number of ether oxygens (including phenoxy) is 2. The van der Waals surface area contributed by atoms with E-state index in [4.69, 9.17) is 9.47 Å². The fourth-order valence-corrected chi connectivity index (χ4v) is 3.46. The molecule has 8 heteroatoms. The van der Waals surface area contributed by atoms with Crippen LogP contribution in [0.2, 0.25) is 0 Å². The van der Waals surface area contributed by atoms with Gasteiger partial charge in [-0.05, 0) is 18.7 Å². The molecule has 1 unspecified atom stereocenters. The van der Waals surface area contributed by atoms with Crippen molar-refractivity contribution in [3.63, 3.8) is 0 Å². The number of methoxy groups -OCH3 is 1. The second-order valence-corrected chi connectivity index (χ2v) is 7.11. The summed E-state index contributed by atoms with van der Waals surface area (Å²) in [6.07, 6.45) is 2.05. The highest BCUT2D eigenvalue weighted by Gasteiger charge is 2.22. The van der Waals surface area contributed by atoms with Gasteiger partial charge in [-0.2, -0.15) is 0 Å². The van der Waals surface area contributed by atoms with Crippen LogP contribution in [-0.4, -0.2) is 101 Å². The molecule has 1 atom stereocenters. The molecule has 3 heterocycles. The molecule has 8 nitrogen and oxygen atoms in total. The minimum absolute atomic E-state index is 0.0897. The Morgan fingerprint density at radius 3 is 2.78 bits per heavy atom. The lowest BCUT2D eigenvalue weighted by atomic mass is 10.2. The third-order valence-electron chi connectivity index (χ3n) is 5.09. The summed E-state index contributed by atoms with van der Waals surface area (Å²) in [7, 11) is 5.68. The summed E-state index contributed by atoms with van der Waals surface area (Å²) in [5.74, 6) is 1.95. The Hall–Kier alpha value is -1.90. The van der Waals surface area contributed by atoms with Crippen molar-refractivity contribution in [3.05, 3.63) is 23.9 Å². The van der Waals surface area contributed by atoms with Crippen molar-refractivity contribution in [1.82, 2.24) is 20.1 Å². The first-order valence-electron chi connectivity index (χ1n) is 9.64. The number of guanidine groups is 1. The van der Waals surface area contributed by atoms with Crippen LogP contribution in [0.25, 0.3) is 0 Å². The fraction of sp³-hybridized carbons (Fsp3) is 0.684. The lowest BCUT2D eigenvalue weighted by Gasteiger charge is -2.34. The average molecular weight is 377 g/mol. The van der Waals surface area contributed by atoms with Crippen molar-refractivity contribution in [2.24, 2.45) is 4.99 Å². The Morgan fingerprint density at radius 1 is 1.30 bits per heavy atom. The van der Waals surface area contributed by atoms with E-state index in [1.165, 1.54) is 0 Å². The first kappa shape index (κ1) is 19.9. The van der Waals surface area contributed by atoms with Gasteiger partial charge in [-0.15, -0.1) is 0 Å². The molecule has 1 N–H and O–H groups in total. The standard InChI is InChI=1S/C19H32N6O2/c1-20-19(25-10-11-27-17(14-25)15-26-3)22-13-16-4-5-18(21-12-16)24-8-6-23(2)7-9-24/h4-5,12,17H,6-11,13-15H2,1-3H3,(H,20,22). The Balaban J connectivity index is 1.51. The smallest absolute Gasteiger partial charge is 0.194 e. The molecule has 0 aromatic carbocycles. The van der Waals surface area contributed by atoms with Gasteiger partial charge in [-0.3, -0.25) is 4.99 Å². The maximum atomic E-state index is 5.72. The van der Waals surface area contributed by atoms with E-state index in [0.717, 1.165) is 56.6 Å². The van der Waals surface area contributed by atoms with Crippen LogP contribution in [0.15, 0.2) is 23.3 Å². The Morgan fingerprint density at radius 2 is 2.11 bits per heavy atom. The second kappa shape index (κ2) is 9.87. The maximum Gasteiger partial charge on any atom is 0.194 e. The molecule has 0 spiro atoms. The monoisotopic (exact) mass is 376 g/mol. The number of nitrogens with one attached hydrogen (secondary N) is 1. The molecule has 150 valence electrons. The van der Waals surface area contributed by atoms with Crippen LogP contribution in [-0.2, 0) is 16.0 Å². The Kier molecular flexibility index (Phi) is 7.25. The first-order valence-corrected chi connectivity index (χ1v) is 9.64. The summed E-state index contributed by atoms with van der Waals surface area (Å²) in [6, 6.07) is 4.27. The molecule has 3 rings (SSSR count). The molecule has 0 saturated carbocycles. The molecule has 0 bridgehead atoms. The quantitative estimate of drug-likeness (QED) is 0.584. The van der Waals surface area contributed by atoms with Crippen molar-refractivity contribution < 1.29 is 9.47 Å². The van der Waals surface area contributed by atoms with Crippen LogP contribution in [0, 0.1) is 0 Å². The zero-order valence-corrected chi connectivity index (χ0v) is 16.7. The number of aliphatic imine (C=N–C) groups is 1. The number of morpholine rings is 1. The number of pyridine rings is 1. The van der Waals surface area contributed by atoms with Crippen LogP contribution in [0.3, 0.4) is 0 Å². The van der Waals surface area contributed by atoms with E-state index in [-0.39, 0.29) is 6.10 Å². The number of likely N-dealkylation sites (N-methyl/N-ethyl adjacent to an activating group) is 1. The van der Waals surface area contributed by atoms with Crippen LogP contribution in [0.1, 0.15) is 5.56 Å². The van der Waals surface area contributed by atoms with E-state index < -0.39 is 0 Å². The number of aromatic nitrogens is 1. The summed E-state index contributed by atoms with van der Waals surface area (Å²) in [6.45, 7) is 7.86. The van der Waals surface area contributed by atoms with Crippen molar-refractivity contribution in [2.75, 3.05) is 78.6 Å². The summed E-state index contributed by atoms with van der Waals surface area (Å²) in [5, 5.41) is 3.44. The number of hydrogen-bond donors (Lipinski definition) is 1. The molecule has 2 saturated heterocycles. The minimum Gasteiger partial charge on any atom is -0.382 e. The molecule has 27 heavy (non-hydrogen) atoms. The molecule has 0 amide bonds. The Bertz CT molecular complexity index is 599. The number of hydrogen-bond acceptors (Lipinski definition) is 6. The summed E-state index contributed by atoms with van der Waals surface area (Å²) in [4.78, 5) is 16.0. The van der Waals surface area contributed by atoms with Crippen LogP contribution in [0.5, 0.6) is 0 Å². The highest BCUT2D eigenvalue weighted by atomic mass is 16.5. The third-order valence-corrected chi connectivity index (χ3v) is 5.09. The first-order chi connectivity index (χ1) is 13.2. The number of anilines is 1. The number of nitrogens with zero attached hydrogens (tertiary/aromatic N) is 5. The molecule has 0 radical (unpaired) electrons. The molecule has 2 aliphatic heterocycles. The summed E-state index contributed by atoms with van der Waals surface area (Å²) < 4.78 is 10.9. The highest BCUT2D eigenvalue weighted by molar-refractivity contribution is 5.80. The van der Waals surface area contributed by atoms with Crippen molar-refractivity contribution in [2.45, 2.75) is 12.6 Å². The lowest BCUT2D eigenvalue weighted by Crippen LogP contribution is -2.51.